The molecule has 0 atom stereocenters. The highest BCUT2D eigenvalue weighted by atomic mass is 16.5. The highest BCUT2D eigenvalue weighted by Crippen LogP contribution is 2.51. The van der Waals surface area contributed by atoms with Gasteiger partial charge in [-0.25, -0.2) is 0 Å². The van der Waals surface area contributed by atoms with Gasteiger partial charge in [-0.1, -0.05) is 42.5 Å². The van der Waals surface area contributed by atoms with Crippen molar-refractivity contribution in [1.29, 1.82) is 0 Å². The summed E-state index contributed by atoms with van der Waals surface area (Å²) in [5, 5.41) is 0. The van der Waals surface area contributed by atoms with Crippen LogP contribution in [-0.2, 0) is 0 Å². The van der Waals surface area contributed by atoms with Crippen molar-refractivity contribution in [1.82, 2.24) is 0 Å². The van der Waals surface area contributed by atoms with Crippen molar-refractivity contribution in [2.24, 2.45) is 0 Å². The maximum atomic E-state index is 6.07. The van der Waals surface area contributed by atoms with Crippen molar-refractivity contribution >= 4 is 17.1 Å². The summed E-state index contributed by atoms with van der Waals surface area (Å²) in [5.74, 6) is 1.79. The molecule has 0 saturated carbocycles. The molecule has 102 valence electrons. The van der Waals surface area contributed by atoms with Crippen LogP contribution >= 0.6 is 0 Å². The Morgan fingerprint density at radius 1 is 0.714 bits per heavy atom. The molecule has 0 radical (unpaired) electrons. The Morgan fingerprint density at radius 3 is 2.29 bits per heavy atom. The Kier molecular flexibility index (Phi) is 2.68. The molecule has 0 fully saturated rings. The Hall–Kier alpha value is -2.74. The van der Waals surface area contributed by atoms with E-state index in [4.69, 9.17) is 4.74 Å². The minimum absolute atomic E-state index is 0.888. The van der Waals surface area contributed by atoms with Crippen LogP contribution in [0.25, 0.3) is 0 Å². The van der Waals surface area contributed by atoms with Gasteiger partial charge in [0.2, 0.25) is 0 Å². The first-order valence-corrected chi connectivity index (χ1v) is 7.06. The maximum Gasteiger partial charge on any atom is 0.151 e. The first-order chi connectivity index (χ1) is 10.3. The zero-order valence-corrected chi connectivity index (χ0v) is 11.8. The minimum atomic E-state index is 0.888. The summed E-state index contributed by atoms with van der Waals surface area (Å²) in [7, 11) is 0. The van der Waals surface area contributed by atoms with Crippen molar-refractivity contribution < 1.29 is 4.74 Å². The van der Waals surface area contributed by atoms with Crippen LogP contribution < -0.4 is 9.64 Å². The van der Waals surface area contributed by atoms with Gasteiger partial charge in [0.05, 0.1) is 11.4 Å². The van der Waals surface area contributed by atoms with Gasteiger partial charge in [-0.3, -0.25) is 0 Å². The van der Waals surface area contributed by atoms with Crippen LogP contribution in [0.3, 0.4) is 0 Å². The average molecular weight is 273 g/mol. The van der Waals surface area contributed by atoms with E-state index in [1.807, 2.05) is 36.4 Å². The Balaban J connectivity index is 2.01. The molecule has 1 aliphatic rings. The largest absolute Gasteiger partial charge is 0.453 e. The highest BCUT2D eigenvalue weighted by Gasteiger charge is 2.26. The minimum Gasteiger partial charge on any atom is -0.453 e. The van der Waals surface area contributed by atoms with Crippen molar-refractivity contribution in [3.8, 4) is 11.5 Å². The molecule has 4 rings (SSSR count). The van der Waals surface area contributed by atoms with Crippen LogP contribution in [0.4, 0.5) is 17.1 Å². The fourth-order valence-corrected chi connectivity index (χ4v) is 2.81. The molecule has 3 aromatic carbocycles. The molecule has 0 unspecified atom stereocenters. The second kappa shape index (κ2) is 4.67. The fourth-order valence-electron chi connectivity index (χ4n) is 2.81. The molecule has 2 heteroatoms. The number of fused-ring (bicyclic) bond motifs is 2. The van der Waals surface area contributed by atoms with Gasteiger partial charge in [0.25, 0.3) is 0 Å². The van der Waals surface area contributed by atoms with Gasteiger partial charge in [0.15, 0.2) is 11.5 Å². The van der Waals surface area contributed by atoms with Gasteiger partial charge < -0.3 is 9.64 Å². The van der Waals surface area contributed by atoms with Crippen molar-refractivity contribution in [2.45, 2.75) is 6.92 Å². The monoisotopic (exact) mass is 273 g/mol. The van der Waals surface area contributed by atoms with Crippen LogP contribution in [0, 0.1) is 6.92 Å². The SMILES string of the molecule is Cc1cccc2c1N(c1ccccc1)c1ccccc1O2. The van der Waals surface area contributed by atoms with Gasteiger partial charge in [-0.05, 0) is 42.8 Å². The lowest BCUT2D eigenvalue weighted by molar-refractivity contribution is 0.476. The van der Waals surface area contributed by atoms with E-state index in [1.54, 1.807) is 0 Å². The number of hydrogen-bond donors (Lipinski definition) is 0. The molecule has 0 amide bonds. The predicted molar refractivity (Wildman–Crippen MR) is 85.9 cm³/mol. The molecule has 0 aromatic heterocycles. The zero-order chi connectivity index (χ0) is 14.2. The number of para-hydroxylation sites is 4. The third kappa shape index (κ3) is 1.88. The first-order valence-electron chi connectivity index (χ1n) is 7.06. The van der Waals surface area contributed by atoms with Crippen molar-refractivity contribution in [2.75, 3.05) is 4.90 Å². The number of hydrogen-bond acceptors (Lipinski definition) is 2. The van der Waals surface area contributed by atoms with E-state index < -0.39 is 0 Å². The number of benzene rings is 3. The molecule has 2 nitrogen and oxygen atoms in total. The molecule has 1 heterocycles. The molecule has 0 N–H and O–H groups in total. The first kappa shape index (κ1) is 12.0. The quantitative estimate of drug-likeness (QED) is 0.449. The fraction of sp³-hybridized carbons (Fsp3) is 0.0526. The summed E-state index contributed by atoms with van der Waals surface area (Å²) in [6.07, 6.45) is 0. The molecule has 0 saturated heterocycles. The zero-order valence-electron chi connectivity index (χ0n) is 11.8. The van der Waals surface area contributed by atoms with Crippen molar-refractivity contribution in [3.63, 3.8) is 0 Å². The van der Waals surface area contributed by atoms with E-state index in [-0.39, 0.29) is 0 Å². The van der Waals surface area contributed by atoms with E-state index in [9.17, 15) is 0 Å². The van der Waals surface area contributed by atoms with Crippen LogP contribution in [0.15, 0.2) is 72.8 Å². The lowest BCUT2D eigenvalue weighted by atomic mass is 10.1. The third-order valence-corrected chi connectivity index (χ3v) is 3.76. The molecular formula is C19H15NO. The summed E-state index contributed by atoms with van der Waals surface area (Å²) in [5.41, 5.74) is 4.53. The number of anilines is 3. The summed E-state index contributed by atoms with van der Waals surface area (Å²) in [6.45, 7) is 2.12. The second-order valence-corrected chi connectivity index (χ2v) is 5.16. The molecule has 0 spiro atoms. The van der Waals surface area contributed by atoms with Crippen LogP contribution in [-0.4, -0.2) is 0 Å². The van der Waals surface area contributed by atoms with Crippen LogP contribution in [0.5, 0.6) is 11.5 Å². The van der Waals surface area contributed by atoms with E-state index in [0.717, 1.165) is 28.6 Å². The molecule has 21 heavy (non-hydrogen) atoms. The van der Waals surface area contributed by atoms with Crippen LogP contribution in [0.2, 0.25) is 0 Å². The van der Waals surface area contributed by atoms with E-state index in [1.165, 1.54) is 5.56 Å². The van der Waals surface area contributed by atoms with Gasteiger partial charge in [0, 0.05) is 5.69 Å². The summed E-state index contributed by atoms with van der Waals surface area (Å²) >= 11 is 0. The average Bonchev–Trinajstić information content (AvgIpc) is 2.54. The lowest BCUT2D eigenvalue weighted by Crippen LogP contribution is -2.16. The summed E-state index contributed by atoms with van der Waals surface area (Å²) < 4.78 is 6.07. The van der Waals surface area contributed by atoms with Crippen LogP contribution in [0.1, 0.15) is 5.56 Å². The lowest BCUT2D eigenvalue weighted by Gasteiger charge is -2.33. The summed E-state index contributed by atoms with van der Waals surface area (Å²) in [6, 6.07) is 24.7. The molecule has 1 aliphatic heterocycles. The number of aryl methyl sites for hydroxylation is 1. The number of nitrogens with zero attached hydrogens (tertiary/aromatic N) is 1. The van der Waals surface area contributed by atoms with Crippen molar-refractivity contribution in [3.05, 3.63) is 78.4 Å². The third-order valence-electron chi connectivity index (χ3n) is 3.76. The predicted octanol–water partition coefficient (Wildman–Crippen LogP) is 5.57. The van der Waals surface area contributed by atoms with Gasteiger partial charge in [-0.15, -0.1) is 0 Å². The Labute approximate surface area is 124 Å². The normalized spacial score (nSPS) is 12.3. The van der Waals surface area contributed by atoms with E-state index in [0.29, 0.717) is 0 Å². The standard InChI is InChI=1S/C19H15NO/c1-14-8-7-13-18-19(14)20(15-9-3-2-4-10-15)16-11-5-6-12-17(16)21-18/h2-13H,1H3. The summed E-state index contributed by atoms with van der Waals surface area (Å²) in [4.78, 5) is 2.27. The van der Waals surface area contributed by atoms with E-state index in [2.05, 4.69) is 48.2 Å². The molecule has 0 bridgehead atoms. The molecule has 3 aromatic rings. The topological polar surface area (TPSA) is 12.5 Å². The highest BCUT2D eigenvalue weighted by molar-refractivity contribution is 5.87. The molecular weight excluding hydrogens is 258 g/mol. The number of rotatable bonds is 1. The maximum absolute atomic E-state index is 6.07. The second-order valence-electron chi connectivity index (χ2n) is 5.16. The van der Waals surface area contributed by atoms with Gasteiger partial charge in [-0.2, -0.15) is 0 Å². The van der Waals surface area contributed by atoms with Gasteiger partial charge in [0.1, 0.15) is 0 Å². The Morgan fingerprint density at radius 2 is 1.43 bits per heavy atom. The van der Waals surface area contributed by atoms with E-state index >= 15 is 0 Å². The molecule has 0 aliphatic carbocycles. The Bertz CT molecular complexity index is 796. The smallest absolute Gasteiger partial charge is 0.151 e. The number of ether oxygens (including phenoxy) is 1. The van der Waals surface area contributed by atoms with Gasteiger partial charge >= 0.3 is 0 Å².